The quantitative estimate of drug-likeness (QED) is 0.124. The molecule has 0 fully saturated rings. The fraction of sp³-hybridized carbons (Fsp3) is 0.385. The minimum absolute atomic E-state index is 0.366. The molecular formula is C26H31BrN6O. The van der Waals surface area contributed by atoms with E-state index in [1.165, 1.54) is 19.3 Å². The number of benzene rings is 2. The molecule has 0 aliphatic carbocycles. The topological polar surface area (TPSA) is 77.2 Å². The number of hydrogen-bond donors (Lipinski definition) is 1. The summed E-state index contributed by atoms with van der Waals surface area (Å²) in [6, 6.07) is 14.2. The number of aromatic nitrogens is 4. The predicted octanol–water partition coefficient (Wildman–Crippen LogP) is 6.95. The molecule has 2 heterocycles. The Morgan fingerprint density at radius 1 is 1.03 bits per heavy atom. The van der Waals surface area contributed by atoms with Gasteiger partial charge in [0.15, 0.2) is 5.65 Å². The van der Waals surface area contributed by atoms with Gasteiger partial charge in [-0.1, -0.05) is 73.7 Å². The molecule has 0 saturated carbocycles. The van der Waals surface area contributed by atoms with Gasteiger partial charge in [0.05, 0.1) is 18.3 Å². The van der Waals surface area contributed by atoms with Gasteiger partial charge in [0, 0.05) is 22.0 Å². The van der Waals surface area contributed by atoms with E-state index in [0.29, 0.717) is 12.6 Å². The molecule has 1 N–H and O–H groups in total. The lowest BCUT2D eigenvalue weighted by Crippen LogP contribution is -2.04. The number of rotatable bonds is 12. The molecule has 0 amide bonds. The van der Waals surface area contributed by atoms with E-state index in [9.17, 15) is 0 Å². The number of aryl methyl sites for hydroxylation is 1. The van der Waals surface area contributed by atoms with E-state index in [0.717, 1.165) is 63.7 Å². The van der Waals surface area contributed by atoms with Gasteiger partial charge in [-0.05, 0) is 37.1 Å². The fourth-order valence-electron chi connectivity index (χ4n) is 3.91. The smallest absolute Gasteiger partial charge is 0.265 e. The first-order valence-corrected chi connectivity index (χ1v) is 12.8. The molecule has 0 bridgehead atoms. The van der Waals surface area contributed by atoms with E-state index in [1.54, 1.807) is 6.21 Å². The van der Waals surface area contributed by atoms with Crippen LogP contribution in [0.2, 0.25) is 0 Å². The largest absolute Gasteiger partial charge is 0.493 e. The number of nitrogens with zero attached hydrogens (tertiary/aromatic N) is 5. The number of para-hydroxylation sites is 1. The highest BCUT2D eigenvalue weighted by Crippen LogP contribution is 2.27. The van der Waals surface area contributed by atoms with Crippen LogP contribution in [0.15, 0.2) is 52.0 Å². The van der Waals surface area contributed by atoms with Crippen LogP contribution in [0.4, 0.5) is 5.95 Å². The average Bonchev–Trinajstić information content (AvgIpc) is 3.16. The summed E-state index contributed by atoms with van der Waals surface area (Å²) < 4.78 is 9.12. The number of ether oxygens (including phenoxy) is 1. The zero-order chi connectivity index (χ0) is 23.8. The molecule has 4 aromatic rings. The van der Waals surface area contributed by atoms with Crippen molar-refractivity contribution >= 4 is 50.2 Å². The highest BCUT2D eigenvalue weighted by atomic mass is 79.9. The lowest BCUT2D eigenvalue weighted by Gasteiger charge is -2.09. The Hall–Kier alpha value is -3.00. The van der Waals surface area contributed by atoms with E-state index in [4.69, 9.17) is 9.72 Å². The van der Waals surface area contributed by atoms with Gasteiger partial charge in [0.25, 0.3) is 5.95 Å². The van der Waals surface area contributed by atoms with Crippen LogP contribution in [-0.4, -0.2) is 32.6 Å². The predicted molar refractivity (Wildman–Crippen MR) is 143 cm³/mol. The molecule has 0 unspecified atom stereocenters. The highest BCUT2D eigenvalue weighted by Gasteiger charge is 2.14. The van der Waals surface area contributed by atoms with Gasteiger partial charge in [-0.3, -0.25) is 0 Å². The van der Waals surface area contributed by atoms with E-state index in [2.05, 4.69) is 73.3 Å². The molecule has 4 rings (SSSR count). The maximum atomic E-state index is 5.91. The molecule has 0 saturated heterocycles. The van der Waals surface area contributed by atoms with E-state index >= 15 is 0 Å². The average molecular weight is 523 g/mol. The normalized spacial score (nSPS) is 11.6. The van der Waals surface area contributed by atoms with Gasteiger partial charge < -0.3 is 9.30 Å². The summed E-state index contributed by atoms with van der Waals surface area (Å²) in [4.78, 5) is 4.77. The summed E-state index contributed by atoms with van der Waals surface area (Å²) in [7, 11) is 0. The maximum Gasteiger partial charge on any atom is 0.265 e. The van der Waals surface area contributed by atoms with Crippen LogP contribution in [0.1, 0.15) is 57.9 Å². The molecule has 2 aromatic heterocycles. The van der Waals surface area contributed by atoms with Crippen molar-refractivity contribution in [3.05, 3.63) is 52.5 Å². The van der Waals surface area contributed by atoms with Gasteiger partial charge in [-0.2, -0.15) is 10.1 Å². The van der Waals surface area contributed by atoms with Crippen LogP contribution in [0, 0.1) is 0 Å². The summed E-state index contributed by atoms with van der Waals surface area (Å²) in [5, 5.41) is 14.2. The van der Waals surface area contributed by atoms with Crippen molar-refractivity contribution in [2.75, 3.05) is 12.0 Å². The molecular weight excluding hydrogens is 492 g/mol. The van der Waals surface area contributed by atoms with Crippen molar-refractivity contribution in [1.29, 1.82) is 0 Å². The van der Waals surface area contributed by atoms with Crippen LogP contribution in [0.25, 0.3) is 22.1 Å². The van der Waals surface area contributed by atoms with Crippen LogP contribution in [-0.2, 0) is 6.54 Å². The molecule has 178 valence electrons. The third-order valence-corrected chi connectivity index (χ3v) is 6.20. The third kappa shape index (κ3) is 5.73. The minimum Gasteiger partial charge on any atom is -0.493 e. The maximum absolute atomic E-state index is 5.91. The highest BCUT2D eigenvalue weighted by molar-refractivity contribution is 9.10. The number of hydrazone groups is 1. The van der Waals surface area contributed by atoms with Crippen molar-refractivity contribution in [2.24, 2.45) is 5.10 Å². The Balaban J connectivity index is 1.57. The first kappa shape index (κ1) is 24.1. The lowest BCUT2D eigenvalue weighted by atomic mass is 10.2. The van der Waals surface area contributed by atoms with Gasteiger partial charge >= 0.3 is 0 Å². The zero-order valence-electron chi connectivity index (χ0n) is 19.8. The van der Waals surface area contributed by atoms with Gasteiger partial charge in [0.2, 0.25) is 0 Å². The number of nitrogens with one attached hydrogen (secondary N) is 1. The van der Waals surface area contributed by atoms with E-state index in [1.807, 2.05) is 24.3 Å². The first-order valence-electron chi connectivity index (χ1n) is 12.0. The van der Waals surface area contributed by atoms with Crippen molar-refractivity contribution in [1.82, 2.24) is 19.7 Å². The van der Waals surface area contributed by atoms with Gasteiger partial charge in [-0.25, -0.2) is 5.43 Å². The molecule has 0 spiro atoms. The summed E-state index contributed by atoms with van der Waals surface area (Å²) >= 11 is 3.52. The van der Waals surface area contributed by atoms with E-state index < -0.39 is 0 Å². The summed E-state index contributed by atoms with van der Waals surface area (Å²) in [6.45, 7) is 5.96. The molecule has 0 aliphatic rings. The Labute approximate surface area is 208 Å². The zero-order valence-corrected chi connectivity index (χ0v) is 21.4. The Morgan fingerprint density at radius 3 is 2.74 bits per heavy atom. The Morgan fingerprint density at radius 2 is 1.88 bits per heavy atom. The van der Waals surface area contributed by atoms with Gasteiger partial charge in [-0.15, -0.1) is 10.2 Å². The first-order chi connectivity index (χ1) is 16.7. The van der Waals surface area contributed by atoms with Gasteiger partial charge in [0.1, 0.15) is 11.3 Å². The van der Waals surface area contributed by atoms with Crippen LogP contribution in [0.5, 0.6) is 5.75 Å². The second kappa shape index (κ2) is 11.9. The molecule has 34 heavy (non-hydrogen) atoms. The van der Waals surface area contributed by atoms with E-state index in [-0.39, 0.29) is 0 Å². The van der Waals surface area contributed by atoms with Crippen molar-refractivity contribution in [3.8, 4) is 5.75 Å². The molecule has 2 aromatic carbocycles. The number of halogens is 1. The summed E-state index contributed by atoms with van der Waals surface area (Å²) in [5.41, 5.74) is 6.61. The molecule has 8 heteroatoms. The molecule has 0 aliphatic heterocycles. The second-order valence-electron chi connectivity index (χ2n) is 8.29. The molecule has 0 atom stereocenters. The number of hydrogen-bond acceptors (Lipinski definition) is 6. The number of unbranched alkanes of at least 4 members (excludes halogenated alkanes) is 4. The van der Waals surface area contributed by atoms with Crippen molar-refractivity contribution in [3.63, 3.8) is 0 Å². The summed E-state index contributed by atoms with van der Waals surface area (Å²) in [6.07, 6.45) is 8.59. The second-order valence-corrected chi connectivity index (χ2v) is 9.21. The lowest BCUT2D eigenvalue weighted by molar-refractivity contribution is 0.309. The van der Waals surface area contributed by atoms with Crippen LogP contribution >= 0.6 is 15.9 Å². The van der Waals surface area contributed by atoms with Crippen molar-refractivity contribution in [2.45, 2.75) is 58.9 Å². The SMILES string of the molecule is CCCCCCn1c2ccccc2c2nnc(N/N=C/c3cc(Br)ccc3OCCCC)nc21. The fourth-order valence-corrected chi connectivity index (χ4v) is 4.29. The van der Waals surface area contributed by atoms with Crippen LogP contribution in [0.3, 0.4) is 0 Å². The molecule has 7 nitrogen and oxygen atoms in total. The van der Waals surface area contributed by atoms with Crippen LogP contribution < -0.4 is 10.2 Å². The van der Waals surface area contributed by atoms with Crippen molar-refractivity contribution < 1.29 is 4.74 Å². The number of anilines is 1. The monoisotopic (exact) mass is 522 g/mol. The third-order valence-electron chi connectivity index (χ3n) is 5.70. The molecule has 0 radical (unpaired) electrons. The Bertz CT molecular complexity index is 1270. The summed E-state index contributed by atoms with van der Waals surface area (Å²) in [5.74, 6) is 1.16. The minimum atomic E-state index is 0.366. The Kier molecular flexibility index (Phi) is 8.46. The number of fused-ring (bicyclic) bond motifs is 3. The standard InChI is InChI=1S/C26H31BrN6O/c1-3-5-7-10-15-33-22-12-9-8-11-21(22)24-25(33)29-26(32-30-24)31-28-18-19-17-20(27)13-14-23(19)34-16-6-4-2/h8-9,11-14,17-18H,3-7,10,15-16H2,1-2H3,(H,29,31,32)/b28-18+.